The molecular formula is C17H19ClN2. The van der Waals surface area contributed by atoms with Gasteiger partial charge >= 0.3 is 0 Å². The fraction of sp³-hybridized carbons (Fsp3) is 0.353. The summed E-state index contributed by atoms with van der Waals surface area (Å²) in [6, 6.07) is 15.1. The zero-order chi connectivity index (χ0) is 13.9. The van der Waals surface area contributed by atoms with Crippen LogP contribution in [0.15, 0.2) is 48.7 Å². The van der Waals surface area contributed by atoms with Crippen LogP contribution in [0, 0.1) is 0 Å². The zero-order valence-electron chi connectivity index (χ0n) is 11.6. The van der Waals surface area contributed by atoms with Crippen molar-refractivity contribution >= 4 is 11.6 Å². The highest BCUT2D eigenvalue weighted by Crippen LogP contribution is 2.40. The molecule has 0 spiro atoms. The molecule has 1 unspecified atom stereocenters. The highest BCUT2D eigenvalue weighted by molar-refractivity contribution is 6.31. The lowest BCUT2D eigenvalue weighted by molar-refractivity contribution is 0.269. The van der Waals surface area contributed by atoms with Crippen LogP contribution in [0.25, 0.3) is 0 Å². The third-order valence-electron chi connectivity index (χ3n) is 4.10. The number of benzene rings is 1. The summed E-state index contributed by atoms with van der Waals surface area (Å²) in [5.41, 5.74) is 2.39. The van der Waals surface area contributed by atoms with Gasteiger partial charge in [-0.15, -0.1) is 0 Å². The third kappa shape index (κ3) is 2.87. The van der Waals surface area contributed by atoms with E-state index in [4.69, 9.17) is 11.6 Å². The van der Waals surface area contributed by atoms with Crippen molar-refractivity contribution in [3.05, 3.63) is 64.9 Å². The number of rotatable bonds is 4. The molecule has 0 radical (unpaired) electrons. The van der Waals surface area contributed by atoms with Gasteiger partial charge in [0.1, 0.15) is 0 Å². The minimum absolute atomic E-state index is 0.299. The van der Waals surface area contributed by atoms with Crippen molar-refractivity contribution in [2.24, 2.45) is 0 Å². The molecule has 2 nitrogen and oxygen atoms in total. The monoisotopic (exact) mass is 286 g/mol. The number of aromatic nitrogens is 1. The molecule has 1 aromatic heterocycles. The first-order chi connectivity index (χ1) is 9.74. The van der Waals surface area contributed by atoms with Crippen molar-refractivity contribution in [3.8, 4) is 0 Å². The van der Waals surface area contributed by atoms with Gasteiger partial charge in [-0.3, -0.25) is 4.98 Å². The standard InChI is InChI=1S/C17H19ClN2/c1-12(17-8-4-5-9-19-17)20-14-10-13(11-14)15-6-2-3-7-16(15)18/h2-9,12-14,20H,10-11H2,1H3. The first kappa shape index (κ1) is 13.6. The Bertz CT molecular complexity index is 564. The molecule has 20 heavy (non-hydrogen) atoms. The molecule has 1 aliphatic rings. The van der Waals surface area contributed by atoms with E-state index in [1.165, 1.54) is 5.56 Å². The van der Waals surface area contributed by atoms with Crippen LogP contribution in [0.5, 0.6) is 0 Å². The SMILES string of the molecule is CC(NC1CC(c2ccccc2Cl)C1)c1ccccn1. The Morgan fingerprint density at radius 1 is 1.15 bits per heavy atom. The van der Waals surface area contributed by atoms with Gasteiger partial charge in [0, 0.05) is 23.3 Å². The molecule has 1 saturated carbocycles. The van der Waals surface area contributed by atoms with Crippen LogP contribution in [0.2, 0.25) is 5.02 Å². The summed E-state index contributed by atoms with van der Waals surface area (Å²) >= 11 is 6.25. The minimum atomic E-state index is 0.299. The van der Waals surface area contributed by atoms with E-state index in [1.54, 1.807) is 0 Å². The minimum Gasteiger partial charge on any atom is -0.306 e. The molecule has 0 aliphatic heterocycles. The van der Waals surface area contributed by atoms with E-state index in [9.17, 15) is 0 Å². The molecule has 1 fully saturated rings. The molecule has 1 aliphatic carbocycles. The summed E-state index contributed by atoms with van der Waals surface area (Å²) in [6.07, 6.45) is 4.16. The van der Waals surface area contributed by atoms with Crippen molar-refractivity contribution in [1.82, 2.24) is 10.3 Å². The lowest BCUT2D eigenvalue weighted by atomic mass is 9.75. The van der Waals surface area contributed by atoms with Crippen LogP contribution in [0.1, 0.15) is 43.0 Å². The van der Waals surface area contributed by atoms with Gasteiger partial charge in [-0.2, -0.15) is 0 Å². The van der Waals surface area contributed by atoms with Gasteiger partial charge in [0.25, 0.3) is 0 Å². The first-order valence-electron chi connectivity index (χ1n) is 7.15. The van der Waals surface area contributed by atoms with Gasteiger partial charge in [0.15, 0.2) is 0 Å². The van der Waals surface area contributed by atoms with E-state index >= 15 is 0 Å². The van der Waals surface area contributed by atoms with Crippen molar-refractivity contribution in [1.29, 1.82) is 0 Å². The van der Waals surface area contributed by atoms with E-state index in [0.29, 0.717) is 18.0 Å². The maximum Gasteiger partial charge on any atom is 0.0570 e. The first-order valence-corrected chi connectivity index (χ1v) is 7.53. The summed E-state index contributed by atoms with van der Waals surface area (Å²) in [4.78, 5) is 4.40. The van der Waals surface area contributed by atoms with Gasteiger partial charge in [0.05, 0.1) is 5.69 Å². The topological polar surface area (TPSA) is 24.9 Å². The average molecular weight is 287 g/mol. The highest BCUT2D eigenvalue weighted by atomic mass is 35.5. The lowest BCUT2D eigenvalue weighted by Crippen LogP contribution is -2.41. The number of hydrogen-bond donors (Lipinski definition) is 1. The molecule has 2 aromatic rings. The highest BCUT2D eigenvalue weighted by Gasteiger charge is 2.32. The summed E-state index contributed by atoms with van der Waals surface area (Å²) < 4.78 is 0. The van der Waals surface area contributed by atoms with Crippen molar-refractivity contribution < 1.29 is 0 Å². The molecule has 0 amide bonds. The van der Waals surface area contributed by atoms with E-state index < -0.39 is 0 Å². The summed E-state index contributed by atoms with van der Waals surface area (Å²) in [7, 11) is 0. The second kappa shape index (κ2) is 5.94. The van der Waals surface area contributed by atoms with Crippen LogP contribution in [0.4, 0.5) is 0 Å². The number of nitrogens with one attached hydrogen (secondary N) is 1. The van der Waals surface area contributed by atoms with Crippen molar-refractivity contribution in [3.63, 3.8) is 0 Å². The maximum absolute atomic E-state index is 6.25. The fourth-order valence-electron chi connectivity index (χ4n) is 2.89. The molecule has 0 saturated heterocycles. The molecule has 1 atom stereocenters. The smallest absolute Gasteiger partial charge is 0.0570 e. The number of hydrogen-bond acceptors (Lipinski definition) is 2. The number of nitrogens with zero attached hydrogens (tertiary/aromatic N) is 1. The van der Waals surface area contributed by atoms with Crippen LogP contribution < -0.4 is 5.32 Å². The molecule has 104 valence electrons. The Morgan fingerprint density at radius 3 is 2.60 bits per heavy atom. The summed E-state index contributed by atoms with van der Waals surface area (Å²) in [5, 5.41) is 4.54. The fourth-order valence-corrected chi connectivity index (χ4v) is 3.18. The Morgan fingerprint density at radius 2 is 1.90 bits per heavy atom. The lowest BCUT2D eigenvalue weighted by Gasteiger charge is -2.38. The van der Waals surface area contributed by atoms with Crippen LogP contribution in [-0.2, 0) is 0 Å². The van der Waals surface area contributed by atoms with Gasteiger partial charge in [-0.25, -0.2) is 0 Å². The van der Waals surface area contributed by atoms with E-state index in [-0.39, 0.29) is 0 Å². The van der Waals surface area contributed by atoms with Crippen LogP contribution >= 0.6 is 11.6 Å². The Hall–Kier alpha value is -1.38. The van der Waals surface area contributed by atoms with Gasteiger partial charge in [-0.05, 0) is 49.4 Å². The Kier molecular flexibility index (Phi) is 4.04. The van der Waals surface area contributed by atoms with E-state index in [2.05, 4.69) is 35.4 Å². The quantitative estimate of drug-likeness (QED) is 0.905. The van der Waals surface area contributed by atoms with E-state index in [0.717, 1.165) is 23.6 Å². The summed E-state index contributed by atoms with van der Waals surface area (Å²) in [5.74, 6) is 0.595. The molecule has 0 bridgehead atoms. The van der Waals surface area contributed by atoms with Crippen LogP contribution in [0.3, 0.4) is 0 Å². The third-order valence-corrected chi connectivity index (χ3v) is 4.44. The van der Waals surface area contributed by atoms with Gasteiger partial charge in [0.2, 0.25) is 0 Å². The predicted molar refractivity (Wildman–Crippen MR) is 83.0 cm³/mol. The number of halogens is 1. The van der Waals surface area contributed by atoms with Crippen LogP contribution in [-0.4, -0.2) is 11.0 Å². The molecule has 1 N–H and O–H groups in total. The van der Waals surface area contributed by atoms with Gasteiger partial charge in [-0.1, -0.05) is 35.9 Å². The second-order valence-corrected chi connectivity index (χ2v) is 5.94. The molecular weight excluding hydrogens is 268 g/mol. The Labute approximate surface area is 125 Å². The average Bonchev–Trinajstić information content (AvgIpc) is 2.44. The maximum atomic E-state index is 6.25. The van der Waals surface area contributed by atoms with Crippen molar-refractivity contribution in [2.45, 2.75) is 37.8 Å². The van der Waals surface area contributed by atoms with Crippen molar-refractivity contribution in [2.75, 3.05) is 0 Å². The predicted octanol–water partition coefficient (Wildman–Crippen LogP) is 4.33. The molecule has 3 heteroatoms. The van der Waals surface area contributed by atoms with E-state index in [1.807, 2.05) is 30.5 Å². The second-order valence-electron chi connectivity index (χ2n) is 5.53. The largest absolute Gasteiger partial charge is 0.306 e. The Balaban J connectivity index is 1.55. The normalized spacial score (nSPS) is 23.1. The molecule has 1 heterocycles. The summed E-state index contributed by atoms with van der Waals surface area (Å²) in [6.45, 7) is 2.17. The zero-order valence-corrected chi connectivity index (χ0v) is 12.3. The van der Waals surface area contributed by atoms with Gasteiger partial charge < -0.3 is 5.32 Å². The molecule has 1 aromatic carbocycles. The molecule has 3 rings (SSSR count). The number of pyridine rings is 1.